The summed E-state index contributed by atoms with van der Waals surface area (Å²) in [4.78, 5) is 15.0. The van der Waals surface area contributed by atoms with Crippen molar-refractivity contribution in [3.05, 3.63) is 34.9 Å². The molecule has 3 nitrogen and oxygen atoms in total. The number of nitrogens with zero attached hydrogens (tertiary/aromatic N) is 1. The number of likely N-dealkylation sites (tertiary alicyclic amines) is 1. The minimum atomic E-state index is -0.0737. The van der Waals surface area contributed by atoms with E-state index in [1.54, 1.807) is 0 Å². The molecule has 0 saturated carbocycles. The highest BCUT2D eigenvalue weighted by Crippen LogP contribution is 2.19. The van der Waals surface area contributed by atoms with Crippen molar-refractivity contribution in [1.82, 2.24) is 4.90 Å². The lowest BCUT2D eigenvalue weighted by Gasteiger charge is -2.35. The van der Waals surface area contributed by atoms with E-state index in [0.717, 1.165) is 38.1 Å². The number of rotatable bonds is 5. The van der Waals surface area contributed by atoms with E-state index < -0.39 is 0 Å². The summed E-state index contributed by atoms with van der Waals surface area (Å²) in [6, 6.07) is 5.92. The number of benzene rings is 1. The van der Waals surface area contributed by atoms with Gasteiger partial charge in [-0.1, -0.05) is 12.1 Å². The van der Waals surface area contributed by atoms with E-state index in [1.165, 1.54) is 11.1 Å². The van der Waals surface area contributed by atoms with Crippen LogP contribution in [0.5, 0.6) is 0 Å². The number of piperidine rings is 1. The minimum absolute atomic E-state index is 0.0737. The van der Waals surface area contributed by atoms with Crippen molar-refractivity contribution in [3.8, 4) is 0 Å². The number of carbonyl (C=O) groups excluding carboxylic acids is 1. The zero-order valence-corrected chi connectivity index (χ0v) is 13.7. The first kappa shape index (κ1) is 16.2. The monoisotopic (exact) mass is 289 g/mol. The van der Waals surface area contributed by atoms with Gasteiger partial charge in [-0.05, 0) is 64.3 Å². The SMILES string of the molecule is CCOC1CCCN(C(C)C(=O)c2ccc(C)c(C)c2)C1. The third-order valence-corrected chi connectivity index (χ3v) is 4.53. The number of ketones is 1. The smallest absolute Gasteiger partial charge is 0.179 e. The Morgan fingerprint density at radius 2 is 2.14 bits per heavy atom. The Labute approximate surface area is 128 Å². The fourth-order valence-corrected chi connectivity index (χ4v) is 2.99. The third kappa shape index (κ3) is 3.92. The second-order valence-electron chi connectivity index (χ2n) is 6.05. The molecule has 0 N–H and O–H groups in total. The molecule has 0 bridgehead atoms. The molecule has 1 fully saturated rings. The van der Waals surface area contributed by atoms with Crippen LogP contribution in [0, 0.1) is 13.8 Å². The van der Waals surface area contributed by atoms with Gasteiger partial charge < -0.3 is 4.74 Å². The highest BCUT2D eigenvalue weighted by molar-refractivity contribution is 6.00. The Bertz CT molecular complexity index is 496. The van der Waals surface area contributed by atoms with Gasteiger partial charge in [0.05, 0.1) is 12.1 Å². The summed E-state index contributed by atoms with van der Waals surface area (Å²) < 4.78 is 5.73. The summed E-state index contributed by atoms with van der Waals surface area (Å²) in [5.74, 6) is 0.218. The summed E-state index contributed by atoms with van der Waals surface area (Å²) >= 11 is 0. The summed E-state index contributed by atoms with van der Waals surface area (Å²) in [6.07, 6.45) is 2.49. The van der Waals surface area contributed by atoms with E-state index in [0.29, 0.717) is 0 Å². The second kappa shape index (κ2) is 7.19. The summed E-state index contributed by atoms with van der Waals surface area (Å²) in [5.41, 5.74) is 3.23. The van der Waals surface area contributed by atoms with Crippen LogP contribution in [0.15, 0.2) is 18.2 Å². The lowest BCUT2D eigenvalue weighted by Crippen LogP contribution is -2.47. The van der Waals surface area contributed by atoms with Crippen molar-refractivity contribution < 1.29 is 9.53 Å². The molecule has 2 unspecified atom stereocenters. The van der Waals surface area contributed by atoms with Crippen LogP contribution in [-0.2, 0) is 4.74 Å². The molecule has 0 aromatic heterocycles. The van der Waals surface area contributed by atoms with Gasteiger partial charge in [0.1, 0.15) is 0 Å². The quantitative estimate of drug-likeness (QED) is 0.778. The molecule has 3 heteroatoms. The van der Waals surface area contributed by atoms with Crippen molar-refractivity contribution in [2.45, 2.75) is 52.7 Å². The van der Waals surface area contributed by atoms with Crippen LogP contribution in [-0.4, -0.2) is 42.5 Å². The van der Waals surface area contributed by atoms with Gasteiger partial charge in [-0.3, -0.25) is 9.69 Å². The molecule has 0 radical (unpaired) electrons. The largest absolute Gasteiger partial charge is 0.377 e. The fraction of sp³-hybridized carbons (Fsp3) is 0.611. The highest BCUT2D eigenvalue weighted by atomic mass is 16.5. The molecule has 1 saturated heterocycles. The van der Waals surface area contributed by atoms with Gasteiger partial charge in [0.15, 0.2) is 5.78 Å². The molecule has 1 heterocycles. The standard InChI is InChI=1S/C18H27NO2/c1-5-21-17-7-6-10-19(12-17)15(4)18(20)16-9-8-13(2)14(3)11-16/h8-9,11,15,17H,5-7,10,12H2,1-4H3. The van der Waals surface area contributed by atoms with Crippen LogP contribution in [0.1, 0.15) is 48.2 Å². The summed E-state index contributed by atoms with van der Waals surface area (Å²) in [6.45, 7) is 10.8. The van der Waals surface area contributed by atoms with Crippen LogP contribution in [0.2, 0.25) is 0 Å². The Balaban J connectivity index is 2.05. The molecule has 1 aromatic rings. The molecular formula is C18H27NO2. The van der Waals surface area contributed by atoms with Crippen LogP contribution < -0.4 is 0 Å². The zero-order chi connectivity index (χ0) is 15.4. The van der Waals surface area contributed by atoms with Gasteiger partial charge in [-0.15, -0.1) is 0 Å². The first-order valence-corrected chi connectivity index (χ1v) is 8.00. The topological polar surface area (TPSA) is 29.5 Å². The minimum Gasteiger partial charge on any atom is -0.377 e. The second-order valence-corrected chi connectivity index (χ2v) is 6.05. The van der Waals surface area contributed by atoms with E-state index in [1.807, 2.05) is 32.0 Å². The summed E-state index contributed by atoms with van der Waals surface area (Å²) in [5, 5.41) is 0. The van der Waals surface area contributed by atoms with Crippen molar-refractivity contribution in [2.24, 2.45) is 0 Å². The van der Waals surface area contributed by atoms with Crippen LogP contribution in [0.4, 0.5) is 0 Å². The predicted molar refractivity (Wildman–Crippen MR) is 85.9 cm³/mol. The molecule has 1 aliphatic rings. The molecule has 1 aliphatic heterocycles. The molecular weight excluding hydrogens is 262 g/mol. The van der Waals surface area contributed by atoms with Gasteiger partial charge in [0.25, 0.3) is 0 Å². The average Bonchev–Trinajstić information content (AvgIpc) is 2.49. The van der Waals surface area contributed by atoms with Crippen molar-refractivity contribution in [2.75, 3.05) is 19.7 Å². The Hall–Kier alpha value is -1.19. The maximum absolute atomic E-state index is 12.7. The van der Waals surface area contributed by atoms with E-state index >= 15 is 0 Å². The van der Waals surface area contributed by atoms with Gasteiger partial charge >= 0.3 is 0 Å². The number of Topliss-reactive ketones (excluding diaryl/α,β-unsaturated/α-hetero) is 1. The molecule has 1 aromatic carbocycles. The first-order valence-electron chi connectivity index (χ1n) is 8.00. The lowest BCUT2D eigenvalue weighted by molar-refractivity contribution is -0.00291. The van der Waals surface area contributed by atoms with Crippen molar-refractivity contribution in [1.29, 1.82) is 0 Å². The molecule has 21 heavy (non-hydrogen) atoms. The number of hydrogen-bond acceptors (Lipinski definition) is 3. The normalized spacial score (nSPS) is 21.2. The van der Waals surface area contributed by atoms with E-state index in [2.05, 4.69) is 18.7 Å². The first-order chi connectivity index (χ1) is 10.0. The van der Waals surface area contributed by atoms with E-state index in [4.69, 9.17) is 4.74 Å². The van der Waals surface area contributed by atoms with Gasteiger partial charge in [-0.2, -0.15) is 0 Å². The van der Waals surface area contributed by atoms with E-state index in [-0.39, 0.29) is 17.9 Å². The number of hydrogen-bond donors (Lipinski definition) is 0. The molecule has 116 valence electrons. The molecule has 0 aliphatic carbocycles. The highest BCUT2D eigenvalue weighted by Gasteiger charge is 2.28. The molecule has 0 amide bonds. The van der Waals surface area contributed by atoms with Gasteiger partial charge in [0.2, 0.25) is 0 Å². The summed E-state index contributed by atoms with van der Waals surface area (Å²) in [7, 11) is 0. The maximum Gasteiger partial charge on any atom is 0.179 e. The predicted octanol–water partition coefficient (Wildman–Crippen LogP) is 3.38. The van der Waals surface area contributed by atoms with Crippen LogP contribution in [0.25, 0.3) is 0 Å². The number of carbonyl (C=O) groups is 1. The molecule has 2 atom stereocenters. The average molecular weight is 289 g/mol. The van der Waals surface area contributed by atoms with Gasteiger partial charge in [0, 0.05) is 18.7 Å². The number of ether oxygens (including phenoxy) is 1. The van der Waals surface area contributed by atoms with Crippen LogP contribution >= 0.6 is 0 Å². The Morgan fingerprint density at radius 1 is 1.38 bits per heavy atom. The van der Waals surface area contributed by atoms with Gasteiger partial charge in [-0.25, -0.2) is 0 Å². The van der Waals surface area contributed by atoms with Crippen molar-refractivity contribution in [3.63, 3.8) is 0 Å². The fourth-order valence-electron chi connectivity index (χ4n) is 2.99. The van der Waals surface area contributed by atoms with E-state index in [9.17, 15) is 4.79 Å². The number of aryl methyl sites for hydroxylation is 2. The van der Waals surface area contributed by atoms with Crippen LogP contribution in [0.3, 0.4) is 0 Å². The zero-order valence-electron chi connectivity index (χ0n) is 13.7. The molecule has 0 spiro atoms. The Morgan fingerprint density at radius 3 is 2.81 bits per heavy atom. The van der Waals surface area contributed by atoms with Crippen molar-refractivity contribution >= 4 is 5.78 Å². The Kier molecular flexibility index (Phi) is 5.54. The lowest BCUT2D eigenvalue weighted by atomic mass is 9.98. The molecule has 2 rings (SSSR count). The maximum atomic E-state index is 12.7. The third-order valence-electron chi connectivity index (χ3n) is 4.53.